The molecule has 3 aromatic heterocycles. The lowest BCUT2D eigenvalue weighted by atomic mass is 10.1. The number of nitrogens with zero attached hydrogens (tertiary/aromatic N) is 5. The van der Waals surface area contributed by atoms with Crippen LogP contribution >= 0.6 is 0 Å². The average Bonchev–Trinajstić information content (AvgIpc) is 3.15. The molecule has 8 heteroatoms. The fraction of sp³-hybridized carbons (Fsp3) is 0.250. The van der Waals surface area contributed by atoms with Crippen LogP contribution in [0.1, 0.15) is 11.3 Å². The van der Waals surface area contributed by atoms with Crippen molar-refractivity contribution in [2.24, 2.45) is 0 Å². The van der Waals surface area contributed by atoms with Crippen LogP contribution in [0.5, 0.6) is 0 Å². The lowest BCUT2D eigenvalue weighted by molar-refractivity contribution is 0.122. The fourth-order valence-electron chi connectivity index (χ4n) is 3.69. The Hall–Kier alpha value is -3.26. The van der Waals surface area contributed by atoms with Crippen LogP contribution in [0.15, 0.2) is 42.6 Å². The molecule has 1 fully saturated rings. The van der Waals surface area contributed by atoms with Crippen LogP contribution in [0.25, 0.3) is 16.4 Å². The SMILES string of the molecule is Nc1nc2ccc(F)cc2c2cc(Cc3cccnc3N3CCOCC3)nn12. The molecule has 0 unspecified atom stereocenters. The van der Waals surface area contributed by atoms with E-state index in [1.165, 1.54) is 12.1 Å². The van der Waals surface area contributed by atoms with Crippen LogP contribution < -0.4 is 10.6 Å². The van der Waals surface area contributed by atoms with E-state index in [9.17, 15) is 4.39 Å². The molecule has 4 heterocycles. The van der Waals surface area contributed by atoms with Crippen LogP contribution in [0, 0.1) is 5.82 Å². The standard InChI is InChI=1S/C20H19FN6O/c21-14-3-4-17-16(11-14)18-12-15(25-27(18)20(22)24-17)10-13-2-1-5-23-19(13)26-6-8-28-9-7-26/h1-5,11-12H,6-10H2,(H2,22,24). The second kappa shape index (κ2) is 6.72. The van der Waals surface area contributed by atoms with Crippen molar-refractivity contribution in [1.29, 1.82) is 0 Å². The molecule has 0 spiro atoms. The monoisotopic (exact) mass is 378 g/mol. The van der Waals surface area contributed by atoms with E-state index in [2.05, 4.69) is 26.0 Å². The number of benzene rings is 1. The summed E-state index contributed by atoms with van der Waals surface area (Å²) < 4.78 is 20.8. The van der Waals surface area contributed by atoms with Gasteiger partial charge in [0.25, 0.3) is 0 Å². The lowest BCUT2D eigenvalue weighted by Gasteiger charge is -2.29. The van der Waals surface area contributed by atoms with Crippen molar-refractivity contribution >= 4 is 28.2 Å². The predicted octanol–water partition coefficient (Wildman–Crippen LogP) is 2.43. The first kappa shape index (κ1) is 16.9. The summed E-state index contributed by atoms with van der Waals surface area (Å²) in [5.74, 6) is 0.912. The van der Waals surface area contributed by atoms with Gasteiger partial charge in [-0.2, -0.15) is 9.61 Å². The largest absolute Gasteiger partial charge is 0.378 e. The Labute approximate surface area is 160 Å². The number of pyridine rings is 1. The summed E-state index contributed by atoms with van der Waals surface area (Å²) in [6, 6.07) is 10.4. The zero-order valence-corrected chi connectivity index (χ0v) is 15.2. The van der Waals surface area contributed by atoms with E-state index in [1.54, 1.807) is 16.8 Å². The maximum atomic E-state index is 13.8. The molecule has 0 radical (unpaired) electrons. The zero-order chi connectivity index (χ0) is 19.1. The molecule has 0 saturated carbocycles. The maximum Gasteiger partial charge on any atom is 0.222 e. The summed E-state index contributed by atoms with van der Waals surface area (Å²) in [6.07, 6.45) is 2.40. The molecule has 0 atom stereocenters. The highest BCUT2D eigenvalue weighted by Gasteiger charge is 2.18. The first-order chi connectivity index (χ1) is 13.7. The van der Waals surface area contributed by atoms with Crippen molar-refractivity contribution in [1.82, 2.24) is 19.6 Å². The van der Waals surface area contributed by atoms with E-state index in [0.717, 1.165) is 35.7 Å². The minimum absolute atomic E-state index is 0.278. The Morgan fingerprint density at radius 2 is 2.00 bits per heavy atom. The molecule has 4 aromatic rings. The van der Waals surface area contributed by atoms with E-state index in [0.29, 0.717) is 30.5 Å². The van der Waals surface area contributed by atoms with Crippen molar-refractivity contribution < 1.29 is 9.13 Å². The first-order valence-corrected chi connectivity index (χ1v) is 9.19. The van der Waals surface area contributed by atoms with Crippen molar-refractivity contribution in [3.63, 3.8) is 0 Å². The van der Waals surface area contributed by atoms with Gasteiger partial charge in [0, 0.05) is 36.7 Å². The molecule has 5 rings (SSSR count). The van der Waals surface area contributed by atoms with Crippen molar-refractivity contribution in [3.05, 3.63) is 59.7 Å². The number of nitrogen functional groups attached to an aromatic ring is 1. The van der Waals surface area contributed by atoms with Crippen LogP contribution in [0.2, 0.25) is 0 Å². The number of rotatable bonds is 3. The third-order valence-electron chi connectivity index (χ3n) is 5.00. The third-order valence-corrected chi connectivity index (χ3v) is 5.00. The molecular weight excluding hydrogens is 359 g/mol. The first-order valence-electron chi connectivity index (χ1n) is 9.19. The van der Waals surface area contributed by atoms with E-state index >= 15 is 0 Å². The summed E-state index contributed by atoms with van der Waals surface area (Å²) >= 11 is 0. The highest BCUT2D eigenvalue weighted by atomic mass is 19.1. The van der Waals surface area contributed by atoms with Gasteiger partial charge < -0.3 is 15.4 Å². The molecule has 7 nitrogen and oxygen atoms in total. The fourth-order valence-corrected chi connectivity index (χ4v) is 3.69. The molecule has 1 aliphatic rings. The van der Waals surface area contributed by atoms with Crippen molar-refractivity contribution in [2.45, 2.75) is 6.42 Å². The van der Waals surface area contributed by atoms with Crippen LogP contribution in [-0.2, 0) is 11.2 Å². The molecule has 142 valence electrons. The molecule has 1 aliphatic heterocycles. The Kier molecular flexibility index (Phi) is 4.05. The van der Waals surface area contributed by atoms with Gasteiger partial charge >= 0.3 is 0 Å². The van der Waals surface area contributed by atoms with E-state index in [4.69, 9.17) is 10.5 Å². The highest BCUT2D eigenvalue weighted by Crippen LogP contribution is 2.25. The summed E-state index contributed by atoms with van der Waals surface area (Å²) in [5, 5.41) is 5.30. The highest BCUT2D eigenvalue weighted by molar-refractivity contribution is 5.94. The second-order valence-corrected chi connectivity index (χ2v) is 6.83. The average molecular weight is 378 g/mol. The molecule has 0 aliphatic carbocycles. The van der Waals surface area contributed by atoms with Gasteiger partial charge in [-0.3, -0.25) is 0 Å². The number of hydrogen-bond donors (Lipinski definition) is 1. The maximum absolute atomic E-state index is 13.8. The van der Waals surface area contributed by atoms with Crippen LogP contribution in [0.4, 0.5) is 16.2 Å². The van der Waals surface area contributed by atoms with Gasteiger partial charge in [0.2, 0.25) is 5.95 Å². The summed E-state index contributed by atoms with van der Waals surface area (Å²) in [4.78, 5) is 11.1. The summed E-state index contributed by atoms with van der Waals surface area (Å²) in [5.41, 5.74) is 9.37. The van der Waals surface area contributed by atoms with Gasteiger partial charge in [-0.25, -0.2) is 14.4 Å². The van der Waals surface area contributed by atoms with Gasteiger partial charge in [0.1, 0.15) is 11.6 Å². The number of fused-ring (bicyclic) bond motifs is 3. The van der Waals surface area contributed by atoms with E-state index < -0.39 is 0 Å². The Morgan fingerprint density at radius 1 is 1.14 bits per heavy atom. The third kappa shape index (κ3) is 2.91. The Bertz CT molecular complexity index is 1170. The van der Waals surface area contributed by atoms with Crippen LogP contribution in [0.3, 0.4) is 0 Å². The van der Waals surface area contributed by atoms with Crippen molar-refractivity contribution in [2.75, 3.05) is 36.9 Å². The quantitative estimate of drug-likeness (QED) is 0.590. The number of anilines is 2. The number of aromatic nitrogens is 4. The summed E-state index contributed by atoms with van der Waals surface area (Å²) in [7, 11) is 0. The predicted molar refractivity (Wildman–Crippen MR) is 105 cm³/mol. The number of morpholine rings is 1. The number of ether oxygens (including phenoxy) is 1. The molecule has 1 saturated heterocycles. The van der Waals surface area contributed by atoms with Gasteiger partial charge in [-0.1, -0.05) is 6.07 Å². The normalized spacial score (nSPS) is 14.8. The minimum Gasteiger partial charge on any atom is -0.378 e. The van der Waals surface area contributed by atoms with E-state index in [1.807, 2.05) is 12.1 Å². The molecule has 1 aromatic carbocycles. The number of hydrogen-bond acceptors (Lipinski definition) is 6. The second-order valence-electron chi connectivity index (χ2n) is 6.83. The van der Waals surface area contributed by atoms with Gasteiger partial charge in [-0.15, -0.1) is 0 Å². The van der Waals surface area contributed by atoms with Crippen LogP contribution in [-0.4, -0.2) is 45.9 Å². The minimum atomic E-state index is -0.314. The molecular formula is C20H19FN6O. The lowest BCUT2D eigenvalue weighted by Crippen LogP contribution is -2.37. The topological polar surface area (TPSA) is 81.6 Å². The van der Waals surface area contributed by atoms with Gasteiger partial charge in [0.15, 0.2) is 0 Å². The number of nitrogens with two attached hydrogens (primary N) is 1. The Balaban J connectivity index is 1.57. The Morgan fingerprint density at radius 3 is 2.86 bits per heavy atom. The molecule has 0 amide bonds. The molecule has 28 heavy (non-hydrogen) atoms. The van der Waals surface area contributed by atoms with Gasteiger partial charge in [0.05, 0.1) is 29.9 Å². The van der Waals surface area contributed by atoms with Crippen molar-refractivity contribution in [3.8, 4) is 0 Å². The zero-order valence-electron chi connectivity index (χ0n) is 15.2. The number of halogens is 1. The molecule has 0 bridgehead atoms. The molecule has 2 N–H and O–H groups in total. The van der Waals surface area contributed by atoms with Gasteiger partial charge in [-0.05, 0) is 30.3 Å². The smallest absolute Gasteiger partial charge is 0.222 e. The summed E-state index contributed by atoms with van der Waals surface area (Å²) in [6.45, 7) is 3.03. The van der Waals surface area contributed by atoms with E-state index in [-0.39, 0.29) is 11.8 Å².